The molecule has 26 heavy (non-hydrogen) atoms. The Bertz CT molecular complexity index is 901. The summed E-state index contributed by atoms with van der Waals surface area (Å²) in [5.74, 6) is 0.230. The fourth-order valence-electron chi connectivity index (χ4n) is 2.95. The van der Waals surface area contributed by atoms with Crippen LogP contribution in [0.25, 0.3) is 10.8 Å². The van der Waals surface area contributed by atoms with Crippen molar-refractivity contribution in [2.45, 2.75) is 38.6 Å². The van der Waals surface area contributed by atoms with E-state index >= 15 is 0 Å². The van der Waals surface area contributed by atoms with E-state index in [0.29, 0.717) is 17.2 Å². The van der Waals surface area contributed by atoms with Gasteiger partial charge in [0.2, 0.25) is 0 Å². The molecule has 0 saturated heterocycles. The number of halogens is 3. The summed E-state index contributed by atoms with van der Waals surface area (Å²) in [6.07, 6.45) is -4.30. The molecule has 0 spiro atoms. The zero-order chi connectivity index (χ0) is 18.9. The van der Waals surface area contributed by atoms with Gasteiger partial charge in [-0.2, -0.15) is 13.2 Å². The second kappa shape index (κ2) is 7.29. The van der Waals surface area contributed by atoms with Crippen molar-refractivity contribution in [1.29, 1.82) is 0 Å². The Hall–Kier alpha value is -2.05. The van der Waals surface area contributed by atoms with Crippen LogP contribution in [0.2, 0.25) is 0 Å². The Kier molecular flexibility index (Phi) is 5.25. The zero-order valence-corrected chi connectivity index (χ0v) is 15.3. The van der Waals surface area contributed by atoms with Gasteiger partial charge >= 0.3 is 6.18 Å². The van der Waals surface area contributed by atoms with Crippen molar-refractivity contribution >= 4 is 22.1 Å². The summed E-state index contributed by atoms with van der Waals surface area (Å²) in [5, 5.41) is 3.11. The van der Waals surface area contributed by atoms with Gasteiger partial charge < -0.3 is 10.5 Å². The summed E-state index contributed by atoms with van der Waals surface area (Å²) in [5.41, 5.74) is 6.30. The van der Waals surface area contributed by atoms with Crippen LogP contribution in [0.1, 0.15) is 35.5 Å². The van der Waals surface area contributed by atoms with Crippen molar-refractivity contribution in [1.82, 2.24) is 0 Å². The molecule has 0 aliphatic carbocycles. The number of rotatable bonds is 5. The van der Waals surface area contributed by atoms with Gasteiger partial charge in [0.1, 0.15) is 11.9 Å². The van der Waals surface area contributed by atoms with Crippen LogP contribution in [0.3, 0.4) is 0 Å². The van der Waals surface area contributed by atoms with E-state index in [1.165, 1.54) is 11.3 Å². The number of alkyl halides is 3. The van der Waals surface area contributed by atoms with Crippen molar-refractivity contribution < 1.29 is 17.9 Å². The second-order valence-electron chi connectivity index (χ2n) is 6.48. The molecule has 3 rings (SSSR count). The molecule has 2 N–H and O–H groups in total. The van der Waals surface area contributed by atoms with Crippen LogP contribution in [0.15, 0.2) is 47.8 Å². The average Bonchev–Trinajstić information content (AvgIpc) is 2.99. The molecule has 138 valence electrons. The number of benzene rings is 2. The summed E-state index contributed by atoms with van der Waals surface area (Å²) in [6.45, 7) is 3.83. The Morgan fingerprint density at radius 2 is 1.88 bits per heavy atom. The maximum atomic E-state index is 13.3. The lowest BCUT2D eigenvalue weighted by Gasteiger charge is -2.23. The topological polar surface area (TPSA) is 35.2 Å². The first-order chi connectivity index (χ1) is 12.3. The first kappa shape index (κ1) is 18.7. The molecule has 2 aromatic carbocycles. The van der Waals surface area contributed by atoms with E-state index in [0.717, 1.165) is 22.6 Å². The molecule has 3 aromatic rings. The highest BCUT2D eigenvalue weighted by Gasteiger charge is 2.32. The monoisotopic (exact) mass is 379 g/mol. The van der Waals surface area contributed by atoms with Crippen LogP contribution in [0.4, 0.5) is 13.2 Å². The fraction of sp³-hybridized carbons (Fsp3) is 0.300. The molecule has 2 nitrogen and oxygen atoms in total. The molecule has 2 atom stereocenters. The summed E-state index contributed by atoms with van der Waals surface area (Å²) in [6, 6.07) is 11.0. The summed E-state index contributed by atoms with van der Waals surface area (Å²) in [4.78, 5) is 0.990. The standard InChI is InChI=1S/C20H20F3NOS/c1-12-7-8-26-19(12)18(9-13(2)24)25-17-11-15(20(21,22)23)10-14-5-3-4-6-16(14)17/h3-8,10-11,13,18H,9,24H2,1-2H3. The van der Waals surface area contributed by atoms with Crippen LogP contribution in [-0.4, -0.2) is 6.04 Å². The molecule has 0 radical (unpaired) electrons. The second-order valence-corrected chi connectivity index (χ2v) is 7.43. The quantitative estimate of drug-likeness (QED) is 0.582. The molecule has 0 saturated carbocycles. The summed E-state index contributed by atoms with van der Waals surface area (Å²) in [7, 11) is 0. The highest BCUT2D eigenvalue weighted by atomic mass is 32.1. The van der Waals surface area contributed by atoms with E-state index in [9.17, 15) is 13.2 Å². The highest BCUT2D eigenvalue weighted by molar-refractivity contribution is 7.10. The van der Waals surface area contributed by atoms with Gasteiger partial charge in [-0.05, 0) is 48.4 Å². The van der Waals surface area contributed by atoms with E-state index in [1.54, 1.807) is 24.3 Å². The molecule has 2 unspecified atom stereocenters. The largest absolute Gasteiger partial charge is 0.484 e. The normalized spacial score (nSPS) is 14.4. The molecule has 0 fully saturated rings. The van der Waals surface area contributed by atoms with Gasteiger partial charge in [0.05, 0.1) is 5.56 Å². The molecule has 0 aliphatic heterocycles. The van der Waals surface area contributed by atoms with Gasteiger partial charge in [-0.25, -0.2) is 0 Å². The molecule has 0 amide bonds. The predicted molar refractivity (Wildman–Crippen MR) is 99.6 cm³/mol. The number of hydrogen-bond donors (Lipinski definition) is 1. The lowest BCUT2D eigenvalue weighted by atomic mass is 10.0. The van der Waals surface area contributed by atoms with Gasteiger partial charge in [-0.15, -0.1) is 11.3 Å². The van der Waals surface area contributed by atoms with E-state index in [1.807, 2.05) is 25.3 Å². The van der Waals surface area contributed by atoms with Gasteiger partial charge in [0, 0.05) is 22.7 Å². The van der Waals surface area contributed by atoms with Crippen molar-refractivity contribution in [2.75, 3.05) is 0 Å². The molecule has 1 heterocycles. The lowest BCUT2D eigenvalue weighted by molar-refractivity contribution is -0.137. The SMILES string of the molecule is Cc1ccsc1C(CC(C)N)Oc1cc(C(F)(F)F)cc2ccccc12. The molecule has 1 aromatic heterocycles. The number of fused-ring (bicyclic) bond motifs is 1. The number of nitrogens with two attached hydrogens (primary N) is 1. The maximum Gasteiger partial charge on any atom is 0.416 e. The number of thiophene rings is 1. The Morgan fingerprint density at radius 3 is 2.50 bits per heavy atom. The van der Waals surface area contributed by atoms with Crippen molar-refractivity contribution in [2.24, 2.45) is 5.73 Å². The molecular weight excluding hydrogens is 359 g/mol. The third-order valence-electron chi connectivity index (χ3n) is 4.20. The third kappa shape index (κ3) is 4.02. The zero-order valence-electron chi connectivity index (χ0n) is 14.5. The van der Waals surface area contributed by atoms with Crippen molar-refractivity contribution in [3.8, 4) is 5.75 Å². The van der Waals surface area contributed by atoms with E-state index in [-0.39, 0.29) is 17.9 Å². The third-order valence-corrected chi connectivity index (χ3v) is 5.31. The average molecular weight is 379 g/mol. The number of aryl methyl sites for hydroxylation is 1. The van der Waals surface area contributed by atoms with Crippen LogP contribution in [-0.2, 0) is 6.18 Å². The number of hydrogen-bond acceptors (Lipinski definition) is 3. The van der Waals surface area contributed by atoms with Gasteiger partial charge in [0.15, 0.2) is 0 Å². The van der Waals surface area contributed by atoms with Crippen molar-refractivity contribution in [3.63, 3.8) is 0 Å². The van der Waals surface area contributed by atoms with E-state index < -0.39 is 11.7 Å². The van der Waals surface area contributed by atoms with Gasteiger partial charge in [-0.1, -0.05) is 24.3 Å². The molecule has 6 heteroatoms. The molecule has 0 aliphatic rings. The fourth-order valence-corrected chi connectivity index (χ4v) is 3.92. The smallest absolute Gasteiger partial charge is 0.416 e. The minimum Gasteiger partial charge on any atom is -0.484 e. The number of ether oxygens (including phenoxy) is 1. The van der Waals surface area contributed by atoms with Crippen LogP contribution < -0.4 is 10.5 Å². The Labute approximate surface area is 154 Å². The van der Waals surface area contributed by atoms with Crippen LogP contribution in [0, 0.1) is 6.92 Å². The Morgan fingerprint density at radius 1 is 1.15 bits per heavy atom. The highest BCUT2D eigenvalue weighted by Crippen LogP contribution is 2.39. The minimum absolute atomic E-state index is 0.140. The van der Waals surface area contributed by atoms with Crippen LogP contribution in [0.5, 0.6) is 5.75 Å². The first-order valence-corrected chi connectivity index (χ1v) is 9.20. The van der Waals surface area contributed by atoms with Gasteiger partial charge in [0.25, 0.3) is 0 Å². The molecule has 0 bridgehead atoms. The van der Waals surface area contributed by atoms with E-state index in [4.69, 9.17) is 10.5 Å². The first-order valence-electron chi connectivity index (χ1n) is 8.32. The van der Waals surface area contributed by atoms with Crippen molar-refractivity contribution in [3.05, 3.63) is 63.8 Å². The summed E-state index contributed by atoms with van der Waals surface area (Å²) < 4.78 is 46.1. The van der Waals surface area contributed by atoms with E-state index in [2.05, 4.69) is 0 Å². The van der Waals surface area contributed by atoms with Crippen LogP contribution >= 0.6 is 11.3 Å². The predicted octanol–water partition coefficient (Wildman–Crippen LogP) is 6.09. The Balaban J connectivity index is 2.09. The molecular formula is C20H20F3NOS. The van der Waals surface area contributed by atoms with Gasteiger partial charge in [-0.3, -0.25) is 0 Å². The minimum atomic E-state index is -4.43. The summed E-state index contributed by atoms with van der Waals surface area (Å²) >= 11 is 1.53. The lowest BCUT2D eigenvalue weighted by Crippen LogP contribution is -2.21. The maximum absolute atomic E-state index is 13.3.